The number of ketones is 1. The Balaban J connectivity index is 1.52. The van der Waals surface area contributed by atoms with Crippen molar-refractivity contribution in [2.45, 2.75) is 32.9 Å². The van der Waals surface area contributed by atoms with Crippen LogP contribution in [0.25, 0.3) is 22.3 Å². The predicted octanol–water partition coefficient (Wildman–Crippen LogP) is 6.39. The van der Waals surface area contributed by atoms with Crippen LogP contribution >= 0.6 is 11.8 Å². The van der Waals surface area contributed by atoms with Crippen molar-refractivity contribution in [2.24, 2.45) is 0 Å². The number of Topliss-reactive ketones (excluding diaryl/α,β-unsaturated/α-hetero) is 1. The first-order valence-corrected chi connectivity index (χ1v) is 12.8. The second-order valence-electron chi connectivity index (χ2n) is 9.01. The van der Waals surface area contributed by atoms with E-state index in [2.05, 4.69) is 35.8 Å². The van der Waals surface area contributed by atoms with E-state index in [1.54, 1.807) is 10.6 Å². The molecule has 0 fully saturated rings. The van der Waals surface area contributed by atoms with E-state index in [1.165, 1.54) is 17.3 Å². The molecule has 0 N–H and O–H groups in total. The number of thioether (sulfide) groups is 1. The van der Waals surface area contributed by atoms with Crippen LogP contribution in [-0.2, 0) is 0 Å². The number of carbonyl (C=O) groups is 1. The van der Waals surface area contributed by atoms with Gasteiger partial charge in [0.05, 0.1) is 22.3 Å². The summed E-state index contributed by atoms with van der Waals surface area (Å²) in [5, 5.41) is 1.06. The van der Waals surface area contributed by atoms with E-state index >= 15 is 0 Å². The van der Waals surface area contributed by atoms with Gasteiger partial charge in [0, 0.05) is 22.6 Å². The molecule has 0 aliphatic carbocycles. The summed E-state index contributed by atoms with van der Waals surface area (Å²) in [6.07, 6.45) is 0. The molecule has 36 heavy (non-hydrogen) atoms. The van der Waals surface area contributed by atoms with Crippen molar-refractivity contribution in [3.8, 4) is 11.4 Å². The number of fused-ring (bicyclic) bond motifs is 1. The fourth-order valence-electron chi connectivity index (χ4n) is 4.58. The summed E-state index contributed by atoms with van der Waals surface area (Å²) in [7, 11) is 0. The van der Waals surface area contributed by atoms with Crippen molar-refractivity contribution >= 4 is 28.4 Å². The standard InChI is InChI=1S/C30H27N3O2S/c1-19-13-15-23(16-14-19)32-21(3)17-25(22(32)4)28(34)18-36-30-31-26-11-7-6-10-24(26)29(35)33(30)27-12-8-5-9-20(27)2/h5-17H,18H2,1-4H3. The lowest BCUT2D eigenvalue weighted by Crippen LogP contribution is -2.23. The van der Waals surface area contributed by atoms with Crippen LogP contribution in [0.5, 0.6) is 0 Å². The van der Waals surface area contributed by atoms with Crippen LogP contribution in [0.15, 0.2) is 88.8 Å². The highest BCUT2D eigenvalue weighted by Crippen LogP contribution is 2.26. The number of para-hydroxylation sites is 2. The molecule has 6 heteroatoms. The molecule has 0 aliphatic rings. The normalized spacial score (nSPS) is 11.2. The molecule has 0 radical (unpaired) electrons. The van der Waals surface area contributed by atoms with Crippen LogP contribution in [0.2, 0.25) is 0 Å². The third-order valence-corrected chi connectivity index (χ3v) is 7.40. The van der Waals surface area contributed by atoms with Gasteiger partial charge in [-0.15, -0.1) is 0 Å². The summed E-state index contributed by atoms with van der Waals surface area (Å²) in [5.41, 5.74) is 7.05. The second-order valence-corrected chi connectivity index (χ2v) is 9.95. The van der Waals surface area contributed by atoms with E-state index in [0.717, 1.165) is 28.3 Å². The molecule has 3 aromatic carbocycles. The minimum atomic E-state index is -0.137. The van der Waals surface area contributed by atoms with Crippen molar-refractivity contribution in [2.75, 3.05) is 5.75 Å². The van der Waals surface area contributed by atoms with Crippen molar-refractivity contribution < 1.29 is 4.79 Å². The Kier molecular flexibility index (Phi) is 6.37. The van der Waals surface area contributed by atoms with Gasteiger partial charge in [-0.05, 0) is 69.7 Å². The van der Waals surface area contributed by atoms with Gasteiger partial charge in [-0.2, -0.15) is 0 Å². The van der Waals surface area contributed by atoms with E-state index in [1.807, 2.05) is 69.3 Å². The van der Waals surface area contributed by atoms with Gasteiger partial charge < -0.3 is 4.57 Å². The van der Waals surface area contributed by atoms with E-state index in [4.69, 9.17) is 4.98 Å². The number of rotatable bonds is 6. The molecule has 0 saturated carbocycles. The highest BCUT2D eigenvalue weighted by Gasteiger charge is 2.20. The molecule has 0 spiro atoms. The summed E-state index contributed by atoms with van der Waals surface area (Å²) >= 11 is 1.30. The molecule has 2 aromatic heterocycles. The van der Waals surface area contributed by atoms with E-state index in [0.29, 0.717) is 21.6 Å². The van der Waals surface area contributed by atoms with E-state index in [9.17, 15) is 9.59 Å². The minimum Gasteiger partial charge on any atom is -0.318 e. The molecule has 5 aromatic rings. The van der Waals surface area contributed by atoms with Crippen molar-refractivity contribution in [1.29, 1.82) is 0 Å². The molecule has 180 valence electrons. The lowest BCUT2D eigenvalue weighted by Gasteiger charge is -2.15. The minimum absolute atomic E-state index is 0.00482. The third-order valence-electron chi connectivity index (χ3n) is 6.46. The number of carbonyl (C=O) groups excluding carboxylic acids is 1. The highest BCUT2D eigenvalue weighted by molar-refractivity contribution is 7.99. The monoisotopic (exact) mass is 493 g/mol. The van der Waals surface area contributed by atoms with Gasteiger partial charge in [-0.25, -0.2) is 4.98 Å². The van der Waals surface area contributed by atoms with Crippen LogP contribution in [0.1, 0.15) is 32.9 Å². The summed E-state index contributed by atoms with van der Waals surface area (Å²) in [5.74, 6) is 0.180. The van der Waals surface area contributed by atoms with Crippen LogP contribution in [0.3, 0.4) is 0 Å². The Hall–Kier alpha value is -3.90. The van der Waals surface area contributed by atoms with Gasteiger partial charge in [0.1, 0.15) is 0 Å². The maximum absolute atomic E-state index is 13.5. The zero-order valence-corrected chi connectivity index (χ0v) is 21.6. The maximum Gasteiger partial charge on any atom is 0.266 e. The number of aromatic nitrogens is 3. The predicted molar refractivity (Wildman–Crippen MR) is 147 cm³/mol. The zero-order chi connectivity index (χ0) is 25.4. The lowest BCUT2D eigenvalue weighted by molar-refractivity contribution is 0.102. The fourth-order valence-corrected chi connectivity index (χ4v) is 5.47. The molecule has 0 amide bonds. The van der Waals surface area contributed by atoms with Crippen molar-refractivity contribution in [1.82, 2.24) is 14.1 Å². The average molecular weight is 494 g/mol. The Morgan fingerprint density at radius 3 is 2.31 bits per heavy atom. The fraction of sp³-hybridized carbons (Fsp3) is 0.167. The Bertz CT molecular complexity index is 1660. The Morgan fingerprint density at radius 2 is 1.56 bits per heavy atom. The molecular weight excluding hydrogens is 466 g/mol. The van der Waals surface area contributed by atoms with Crippen molar-refractivity contribution in [3.05, 3.63) is 117 Å². The maximum atomic E-state index is 13.5. The molecule has 0 saturated heterocycles. The molecular formula is C30H27N3O2S. The average Bonchev–Trinajstić information content (AvgIpc) is 3.17. The first-order valence-electron chi connectivity index (χ1n) is 11.8. The van der Waals surface area contributed by atoms with Crippen LogP contribution in [0, 0.1) is 27.7 Å². The molecule has 5 nitrogen and oxygen atoms in total. The molecule has 0 unspecified atom stereocenters. The number of benzene rings is 3. The van der Waals surface area contributed by atoms with E-state index in [-0.39, 0.29) is 17.1 Å². The van der Waals surface area contributed by atoms with Gasteiger partial charge >= 0.3 is 0 Å². The smallest absolute Gasteiger partial charge is 0.266 e. The number of hydrogen-bond donors (Lipinski definition) is 0. The summed E-state index contributed by atoms with van der Waals surface area (Å²) in [6, 6.07) is 25.3. The number of hydrogen-bond acceptors (Lipinski definition) is 4. The van der Waals surface area contributed by atoms with E-state index < -0.39 is 0 Å². The SMILES string of the molecule is Cc1ccc(-n2c(C)cc(C(=O)CSc3nc4ccccc4c(=O)n3-c3ccccc3C)c2C)cc1. The molecule has 0 aliphatic heterocycles. The Morgan fingerprint density at radius 1 is 0.861 bits per heavy atom. The topological polar surface area (TPSA) is 56.9 Å². The van der Waals surface area contributed by atoms with Crippen LogP contribution in [-0.4, -0.2) is 25.7 Å². The summed E-state index contributed by atoms with van der Waals surface area (Å²) < 4.78 is 3.74. The van der Waals surface area contributed by atoms with Gasteiger partial charge in [-0.3, -0.25) is 14.2 Å². The molecule has 0 bridgehead atoms. The van der Waals surface area contributed by atoms with Crippen molar-refractivity contribution in [3.63, 3.8) is 0 Å². The summed E-state index contributed by atoms with van der Waals surface area (Å²) in [4.78, 5) is 31.7. The second kappa shape index (κ2) is 9.63. The molecule has 2 heterocycles. The lowest BCUT2D eigenvalue weighted by atomic mass is 10.2. The summed E-state index contributed by atoms with van der Waals surface area (Å²) in [6.45, 7) is 8.01. The van der Waals surface area contributed by atoms with Crippen LogP contribution in [0.4, 0.5) is 0 Å². The van der Waals surface area contributed by atoms with Gasteiger partial charge in [-0.1, -0.05) is 59.8 Å². The van der Waals surface area contributed by atoms with Crippen LogP contribution < -0.4 is 5.56 Å². The first kappa shape index (κ1) is 23.8. The van der Waals surface area contributed by atoms with Gasteiger partial charge in [0.2, 0.25) is 0 Å². The van der Waals surface area contributed by atoms with Gasteiger partial charge in [0.25, 0.3) is 5.56 Å². The zero-order valence-electron chi connectivity index (χ0n) is 20.8. The Labute approximate surface area is 214 Å². The number of aryl methyl sites for hydroxylation is 3. The number of nitrogens with zero attached hydrogens (tertiary/aromatic N) is 3. The quantitative estimate of drug-likeness (QED) is 0.156. The molecule has 0 atom stereocenters. The third kappa shape index (κ3) is 4.29. The largest absolute Gasteiger partial charge is 0.318 e. The van der Waals surface area contributed by atoms with Gasteiger partial charge in [0.15, 0.2) is 10.9 Å². The molecule has 5 rings (SSSR count). The highest BCUT2D eigenvalue weighted by atomic mass is 32.2. The first-order chi connectivity index (χ1) is 17.3.